The van der Waals surface area contributed by atoms with Crippen molar-refractivity contribution in [1.29, 1.82) is 0 Å². The van der Waals surface area contributed by atoms with Crippen molar-refractivity contribution >= 4 is 21.7 Å². The Kier molecular flexibility index (Phi) is 4.39. The summed E-state index contributed by atoms with van der Waals surface area (Å²) in [5.41, 5.74) is 1.03. The van der Waals surface area contributed by atoms with Gasteiger partial charge in [0, 0.05) is 10.5 Å². The highest BCUT2D eigenvalue weighted by Crippen LogP contribution is 2.17. The van der Waals surface area contributed by atoms with Gasteiger partial charge in [-0.05, 0) is 48.3 Å². The first-order valence-electron chi connectivity index (χ1n) is 5.03. The largest absolute Gasteiger partial charge is 0.368 e. The van der Waals surface area contributed by atoms with Crippen LogP contribution in [0.4, 0.5) is 5.82 Å². The first-order valence-corrected chi connectivity index (χ1v) is 5.82. The van der Waals surface area contributed by atoms with Crippen LogP contribution in [0, 0.1) is 6.92 Å². The van der Waals surface area contributed by atoms with E-state index in [4.69, 9.17) is 0 Å². The third kappa shape index (κ3) is 3.29. The maximum atomic E-state index is 4.44. The van der Waals surface area contributed by atoms with Gasteiger partial charge in [-0.2, -0.15) is 0 Å². The van der Waals surface area contributed by atoms with Gasteiger partial charge in [-0.1, -0.05) is 13.3 Å². The molecule has 0 saturated carbocycles. The van der Waals surface area contributed by atoms with Crippen LogP contribution >= 0.6 is 15.9 Å². The van der Waals surface area contributed by atoms with Gasteiger partial charge >= 0.3 is 0 Å². The second kappa shape index (κ2) is 5.35. The van der Waals surface area contributed by atoms with Crippen LogP contribution in [0.2, 0.25) is 0 Å². The third-order valence-electron chi connectivity index (χ3n) is 2.14. The summed E-state index contributed by atoms with van der Waals surface area (Å²) in [5, 5.41) is 3.38. The maximum Gasteiger partial charge on any atom is 0.126 e. The van der Waals surface area contributed by atoms with Crippen molar-refractivity contribution in [2.45, 2.75) is 39.7 Å². The van der Waals surface area contributed by atoms with Crippen molar-refractivity contribution in [3.8, 4) is 0 Å². The Morgan fingerprint density at radius 3 is 2.79 bits per heavy atom. The Bertz CT molecular complexity index is 299. The van der Waals surface area contributed by atoms with Crippen LogP contribution in [-0.2, 0) is 0 Å². The molecule has 0 fully saturated rings. The van der Waals surface area contributed by atoms with Gasteiger partial charge in [-0.3, -0.25) is 0 Å². The molecule has 1 atom stereocenters. The average molecular weight is 257 g/mol. The zero-order chi connectivity index (χ0) is 10.6. The van der Waals surface area contributed by atoms with Crippen molar-refractivity contribution in [1.82, 2.24) is 4.98 Å². The quantitative estimate of drug-likeness (QED) is 0.888. The number of hydrogen-bond acceptors (Lipinski definition) is 2. The fourth-order valence-corrected chi connectivity index (χ4v) is 1.60. The van der Waals surface area contributed by atoms with Crippen LogP contribution in [0.3, 0.4) is 0 Å². The van der Waals surface area contributed by atoms with Crippen LogP contribution in [0.15, 0.2) is 16.6 Å². The number of nitrogens with zero attached hydrogens (tertiary/aromatic N) is 1. The van der Waals surface area contributed by atoms with E-state index in [2.05, 4.69) is 40.1 Å². The van der Waals surface area contributed by atoms with Crippen LogP contribution in [-0.4, -0.2) is 11.0 Å². The number of nitrogens with one attached hydrogen (secondary N) is 1. The van der Waals surface area contributed by atoms with E-state index in [0.29, 0.717) is 6.04 Å². The summed E-state index contributed by atoms with van der Waals surface area (Å²) in [6, 6.07) is 4.53. The number of aryl methyl sites for hydroxylation is 1. The first kappa shape index (κ1) is 11.5. The number of hydrogen-bond donors (Lipinski definition) is 1. The molecule has 0 amide bonds. The number of halogens is 1. The maximum absolute atomic E-state index is 4.44. The fourth-order valence-electron chi connectivity index (χ4n) is 1.38. The zero-order valence-electron chi connectivity index (χ0n) is 8.97. The number of aromatic nitrogens is 1. The van der Waals surface area contributed by atoms with Crippen molar-refractivity contribution in [3.05, 3.63) is 22.3 Å². The topological polar surface area (TPSA) is 24.9 Å². The van der Waals surface area contributed by atoms with Gasteiger partial charge in [0.2, 0.25) is 0 Å². The molecule has 0 bridgehead atoms. The SMILES string of the molecule is CCCC(C)Nc1ccc(Br)c(C)n1. The Hall–Kier alpha value is -0.570. The lowest BCUT2D eigenvalue weighted by molar-refractivity contribution is 0.687. The minimum absolute atomic E-state index is 0.494. The van der Waals surface area contributed by atoms with Crippen molar-refractivity contribution in [2.75, 3.05) is 5.32 Å². The molecule has 3 heteroatoms. The summed E-state index contributed by atoms with van der Waals surface area (Å²) in [6.07, 6.45) is 2.38. The fraction of sp³-hybridized carbons (Fsp3) is 0.545. The van der Waals surface area contributed by atoms with Gasteiger partial charge in [0.25, 0.3) is 0 Å². The predicted molar refractivity (Wildman–Crippen MR) is 64.7 cm³/mol. The second-order valence-electron chi connectivity index (χ2n) is 3.60. The Morgan fingerprint density at radius 2 is 2.21 bits per heavy atom. The molecule has 1 heterocycles. The highest BCUT2D eigenvalue weighted by atomic mass is 79.9. The van der Waals surface area contributed by atoms with Crippen molar-refractivity contribution in [3.63, 3.8) is 0 Å². The molecule has 2 nitrogen and oxygen atoms in total. The minimum Gasteiger partial charge on any atom is -0.368 e. The van der Waals surface area contributed by atoms with Crippen molar-refractivity contribution in [2.24, 2.45) is 0 Å². The summed E-state index contributed by atoms with van der Waals surface area (Å²) in [6.45, 7) is 6.38. The highest BCUT2D eigenvalue weighted by Gasteiger charge is 2.02. The first-order chi connectivity index (χ1) is 6.63. The van der Waals surface area contributed by atoms with Gasteiger partial charge in [-0.15, -0.1) is 0 Å². The molecule has 0 radical (unpaired) electrons. The summed E-state index contributed by atoms with van der Waals surface area (Å²) in [4.78, 5) is 4.44. The van der Waals surface area contributed by atoms with E-state index in [1.54, 1.807) is 0 Å². The summed E-state index contributed by atoms with van der Waals surface area (Å²) >= 11 is 3.44. The minimum atomic E-state index is 0.494. The predicted octanol–water partition coefficient (Wildman–Crippen LogP) is 3.75. The molecule has 1 unspecified atom stereocenters. The normalized spacial score (nSPS) is 12.6. The standard InChI is InChI=1S/C11H17BrN2/c1-4-5-8(2)13-11-7-6-10(12)9(3)14-11/h6-8H,4-5H2,1-3H3,(H,13,14). The van der Waals surface area contributed by atoms with Crippen LogP contribution in [0.25, 0.3) is 0 Å². The Balaban J connectivity index is 2.63. The van der Waals surface area contributed by atoms with E-state index in [1.807, 2.05) is 19.1 Å². The monoisotopic (exact) mass is 256 g/mol. The van der Waals surface area contributed by atoms with E-state index in [9.17, 15) is 0 Å². The van der Waals surface area contributed by atoms with E-state index in [0.717, 1.165) is 16.0 Å². The number of rotatable bonds is 4. The van der Waals surface area contributed by atoms with Gasteiger partial charge < -0.3 is 5.32 Å². The molecular weight excluding hydrogens is 240 g/mol. The van der Waals surface area contributed by atoms with Crippen LogP contribution in [0.5, 0.6) is 0 Å². The van der Waals surface area contributed by atoms with E-state index in [-0.39, 0.29) is 0 Å². The van der Waals surface area contributed by atoms with E-state index < -0.39 is 0 Å². The van der Waals surface area contributed by atoms with E-state index in [1.165, 1.54) is 12.8 Å². The smallest absolute Gasteiger partial charge is 0.126 e. The number of anilines is 1. The molecule has 14 heavy (non-hydrogen) atoms. The van der Waals surface area contributed by atoms with Gasteiger partial charge in [0.05, 0.1) is 5.69 Å². The molecule has 0 aliphatic carbocycles. The molecule has 0 aliphatic heterocycles. The summed E-state index contributed by atoms with van der Waals surface area (Å²) in [5.74, 6) is 0.964. The molecule has 1 N–H and O–H groups in total. The molecule has 0 aliphatic rings. The second-order valence-corrected chi connectivity index (χ2v) is 4.45. The molecule has 1 aromatic rings. The Morgan fingerprint density at radius 1 is 1.50 bits per heavy atom. The summed E-state index contributed by atoms with van der Waals surface area (Å²) in [7, 11) is 0. The number of pyridine rings is 1. The molecule has 0 saturated heterocycles. The van der Waals surface area contributed by atoms with Crippen LogP contribution < -0.4 is 5.32 Å². The van der Waals surface area contributed by atoms with Gasteiger partial charge in [0.15, 0.2) is 0 Å². The third-order valence-corrected chi connectivity index (χ3v) is 2.98. The van der Waals surface area contributed by atoms with Gasteiger partial charge in [-0.25, -0.2) is 4.98 Å². The molecule has 78 valence electrons. The molecule has 0 aromatic carbocycles. The Labute approximate surface area is 94.3 Å². The highest BCUT2D eigenvalue weighted by molar-refractivity contribution is 9.10. The average Bonchev–Trinajstić information content (AvgIpc) is 2.12. The molecule has 1 rings (SSSR count). The molecule has 0 spiro atoms. The van der Waals surface area contributed by atoms with Crippen molar-refractivity contribution < 1.29 is 0 Å². The summed E-state index contributed by atoms with van der Waals surface area (Å²) < 4.78 is 1.06. The lowest BCUT2D eigenvalue weighted by atomic mass is 10.2. The lowest BCUT2D eigenvalue weighted by Crippen LogP contribution is -2.15. The van der Waals surface area contributed by atoms with Crippen LogP contribution in [0.1, 0.15) is 32.4 Å². The lowest BCUT2D eigenvalue weighted by Gasteiger charge is -2.13. The molecular formula is C11H17BrN2. The zero-order valence-corrected chi connectivity index (χ0v) is 10.6. The van der Waals surface area contributed by atoms with Gasteiger partial charge in [0.1, 0.15) is 5.82 Å². The van der Waals surface area contributed by atoms with E-state index >= 15 is 0 Å². The molecule has 1 aromatic heterocycles.